The van der Waals surface area contributed by atoms with Crippen molar-refractivity contribution in [1.82, 2.24) is 9.97 Å². The summed E-state index contributed by atoms with van der Waals surface area (Å²) in [6.45, 7) is 3.20. The average Bonchev–Trinajstić information content (AvgIpc) is 2.70. The quantitative estimate of drug-likeness (QED) is 0.845. The van der Waals surface area contributed by atoms with Crippen molar-refractivity contribution in [2.24, 2.45) is 0 Å². The molecule has 1 aromatic rings. The number of aromatic amines is 1. The average molecular weight is 319 g/mol. The molecule has 0 spiro atoms. The second kappa shape index (κ2) is 4.51. The Bertz CT molecular complexity index is 404. The van der Waals surface area contributed by atoms with Crippen LogP contribution in [0.15, 0.2) is 11.1 Å². The van der Waals surface area contributed by atoms with Gasteiger partial charge in [-0.2, -0.15) is 0 Å². The Kier molecular flexibility index (Phi) is 3.28. The number of anilines is 1. The lowest BCUT2D eigenvalue weighted by Gasteiger charge is -2.25. The van der Waals surface area contributed by atoms with Crippen molar-refractivity contribution in [3.8, 4) is 0 Å². The minimum Gasteiger partial charge on any atom is -0.353 e. The van der Waals surface area contributed by atoms with E-state index in [0.717, 1.165) is 18.8 Å². The summed E-state index contributed by atoms with van der Waals surface area (Å²) in [5, 5.41) is 0. The summed E-state index contributed by atoms with van der Waals surface area (Å²) in [4.78, 5) is 20.6. The minimum atomic E-state index is -0.0395. The van der Waals surface area contributed by atoms with E-state index in [4.69, 9.17) is 0 Å². The summed E-state index contributed by atoms with van der Waals surface area (Å²) >= 11 is 2.07. The molecule has 0 aromatic carbocycles. The maximum Gasteiger partial charge on any atom is 0.266 e. The number of H-pyrrole nitrogens is 1. The predicted molar refractivity (Wildman–Crippen MR) is 68.2 cm³/mol. The van der Waals surface area contributed by atoms with Crippen molar-refractivity contribution < 1.29 is 0 Å². The van der Waals surface area contributed by atoms with Gasteiger partial charge in [-0.3, -0.25) is 4.79 Å². The van der Waals surface area contributed by atoms with Gasteiger partial charge in [0.1, 0.15) is 9.39 Å². The van der Waals surface area contributed by atoms with Crippen molar-refractivity contribution in [3.63, 3.8) is 0 Å². The number of hydrogen-bond donors (Lipinski definition) is 1. The van der Waals surface area contributed by atoms with Crippen LogP contribution in [0.3, 0.4) is 0 Å². The number of rotatable bonds is 2. The number of halogens is 1. The molecule has 1 saturated heterocycles. The first-order valence-corrected chi connectivity index (χ1v) is 6.31. The van der Waals surface area contributed by atoms with Crippen molar-refractivity contribution in [3.05, 3.63) is 20.3 Å². The molecule has 2 heterocycles. The molecular formula is C10H14IN3O. The van der Waals surface area contributed by atoms with Gasteiger partial charge in [0.25, 0.3) is 5.56 Å². The highest BCUT2D eigenvalue weighted by Crippen LogP contribution is 2.27. The third kappa shape index (κ3) is 2.02. The monoisotopic (exact) mass is 319 g/mol. The lowest BCUT2D eigenvalue weighted by Crippen LogP contribution is -2.32. The SMILES string of the molecule is CCC1CCCN1c1nc[nH]c(=O)c1I. The zero-order chi connectivity index (χ0) is 10.8. The Hall–Kier alpha value is -0.590. The van der Waals surface area contributed by atoms with Gasteiger partial charge in [-0.1, -0.05) is 6.92 Å². The van der Waals surface area contributed by atoms with E-state index in [1.807, 2.05) is 0 Å². The van der Waals surface area contributed by atoms with Crippen LogP contribution in [0.1, 0.15) is 26.2 Å². The van der Waals surface area contributed by atoms with Crippen LogP contribution in [0.4, 0.5) is 5.82 Å². The molecule has 0 bridgehead atoms. The summed E-state index contributed by atoms with van der Waals surface area (Å²) in [5.41, 5.74) is -0.0395. The van der Waals surface area contributed by atoms with Crippen LogP contribution in [0, 0.1) is 3.57 Å². The highest BCUT2D eigenvalue weighted by Gasteiger charge is 2.26. The Morgan fingerprint density at radius 1 is 1.73 bits per heavy atom. The smallest absolute Gasteiger partial charge is 0.266 e. The van der Waals surface area contributed by atoms with Gasteiger partial charge in [-0.25, -0.2) is 4.98 Å². The largest absolute Gasteiger partial charge is 0.353 e. The van der Waals surface area contributed by atoms with E-state index in [1.54, 1.807) is 0 Å². The first kappa shape index (κ1) is 10.9. The Balaban J connectivity index is 2.36. The van der Waals surface area contributed by atoms with Crippen LogP contribution in [0.25, 0.3) is 0 Å². The number of nitrogens with zero attached hydrogens (tertiary/aromatic N) is 2. The van der Waals surface area contributed by atoms with Crippen molar-refractivity contribution in [1.29, 1.82) is 0 Å². The molecule has 0 radical (unpaired) electrons. The summed E-state index contributed by atoms with van der Waals surface area (Å²) in [5.74, 6) is 0.851. The topological polar surface area (TPSA) is 49.0 Å². The molecule has 5 heteroatoms. The standard InChI is InChI=1S/C10H14IN3O/c1-2-7-4-3-5-14(7)9-8(11)10(15)13-6-12-9/h6-7H,2-5H2,1H3,(H,12,13,15). The molecule has 2 rings (SSSR count). The van der Waals surface area contributed by atoms with E-state index in [9.17, 15) is 4.79 Å². The van der Waals surface area contributed by atoms with E-state index in [2.05, 4.69) is 44.4 Å². The molecule has 1 N–H and O–H groups in total. The van der Waals surface area contributed by atoms with E-state index >= 15 is 0 Å². The molecule has 1 fully saturated rings. The van der Waals surface area contributed by atoms with Gasteiger partial charge in [0.05, 0.1) is 6.33 Å². The summed E-state index contributed by atoms with van der Waals surface area (Å²) < 4.78 is 0.704. The lowest BCUT2D eigenvalue weighted by molar-refractivity contribution is 0.638. The molecule has 4 nitrogen and oxygen atoms in total. The molecule has 1 aromatic heterocycles. The van der Waals surface area contributed by atoms with Gasteiger partial charge in [0, 0.05) is 12.6 Å². The van der Waals surface area contributed by atoms with Crippen LogP contribution < -0.4 is 10.5 Å². The molecule has 82 valence electrons. The van der Waals surface area contributed by atoms with Crippen molar-refractivity contribution in [2.75, 3.05) is 11.4 Å². The zero-order valence-corrected chi connectivity index (χ0v) is 10.8. The van der Waals surface area contributed by atoms with Crippen LogP contribution >= 0.6 is 22.6 Å². The first-order chi connectivity index (χ1) is 7.24. The Morgan fingerprint density at radius 2 is 2.53 bits per heavy atom. The van der Waals surface area contributed by atoms with E-state index in [-0.39, 0.29) is 5.56 Å². The third-order valence-electron chi connectivity index (χ3n) is 2.90. The van der Waals surface area contributed by atoms with Crippen LogP contribution in [0.5, 0.6) is 0 Å². The third-order valence-corrected chi connectivity index (χ3v) is 3.87. The van der Waals surface area contributed by atoms with E-state index in [0.29, 0.717) is 9.61 Å². The summed E-state index contributed by atoms with van der Waals surface area (Å²) in [6, 6.07) is 0.549. The van der Waals surface area contributed by atoms with Gasteiger partial charge in [0.2, 0.25) is 0 Å². The molecule has 0 amide bonds. The van der Waals surface area contributed by atoms with Crippen LogP contribution in [0.2, 0.25) is 0 Å². The number of nitrogens with one attached hydrogen (secondary N) is 1. The molecule has 1 atom stereocenters. The van der Waals surface area contributed by atoms with Gasteiger partial charge < -0.3 is 9.88 Å². The van der Waals surface area contributed by atoms with Gasteiger partial charge >= 0.3 is 0 Å². The second-order valence-electron chi connectivity index (χ2n) is 3.77. The molecule has 1 aliphatic heterocycles. The first-order valence-electron chi connectivity index (χ1n) is 5.24. The van der Waals surface area contributed by atoms with Crippen LogP contribution in [-0.2, 0) is 0 Å². The summed E-state index contributed by atoms with van der Waals surface area (Å²) in [7, 11) is 0. The van der Waals surface area contributed by atoms with Gasteiger partial charge in [-0.05, 0) is 41.9 Å². The molecular weight excluding hydrogens is 305 g/mol. The van der Waals surface area contributed by atoms with Gasteiger partial charge in [-0.15, -0.1) is 0 Å². The normalized spacial score (nSPS) is 20.9. The highest BCUT2D eigenvalue weighted by molar-refractivity contribution is 14.1. The van der Waals surface area contributed by atoms with E-state index < -0.39 is 0 Å². The Labute approximate surface area is 102 Å². The molecule has 1 unspecified atom stereocenters. The molecule has 0 saturated carbocycles. The minimum absolute atomic E-state index is 0.0395. The maximum absolute atomic E-state index is 11.5. The number of aromatic nitrogens is 2. The van der Waals surface area contributed by atoms with Crippen molar-refractivity contribution in [2.45, 2.75) is 32.2 Å². The van der Waals surface area contributed by atoms with Gasteiger partial charge in [0.15, 0.2) is 0 Å². The fraction of sp³-hybridized carbons (Fsp3) is 0.600. The fourth-order valence-corrected chi connectivity index (χ4v) is 2.72. The molecule has 15 heavy (non-hydrogen) atoms. The van der Waals surface area contributed by atoms with Crippen molar-refractivity contribution >= 4 is 28.4 Å². The molecule has 1 aliphatic rings. The zero-order valence-electron chi connectivity index (χ0n) is 8.66. The van der Waals surface area contributed by atoms with Crippen LogP contribution in [-0.4, -0.2) is 22.6 Å². The lowest BCUT2D eigenvalue weighted by atomic mass is 10.2. The predicted octanol–water partition coefficient (Wildman–Crippen LogP) is 1.75. The second-order valence-corrected chi connectivity index (χ2v) is 4.85. The molecule has 0 aliphatic carbocycles. The fourth-order valence-electron chi connectivity index (χ4n) is 2.11. The maximum atomic E-state index is 11.5. The highest BCUT2D eigenvalue weighted by atomic mass is 127. The number of hydrogen-bond acceptors (Lipinski definition) is 3. The van der Waals surface area contributed by atoms with E-state index in [1.165, 1.54) is 19.2 Å². The summed E-state index contributed by atoms with van der Waals surface area (Å²) in [6.07, 6.45) is 5.01. The Morgan fingerprint density at radius 3 is 3.27 bits per heavy atom.